The minimum atomic E-state index is -0.163. The maximum atomic E-state index is 6.00. The Labute approximate surface area is 128 Å². The molecule has 2 heterocycles. The Kier molecular flexibility index (Phi) is 3.18. The number of fused-ring (bicyclic) bond motifs is 1. The number of ether oxygens (including phenoxy) is 1. The van der Waals surface area contributed by atoms with E-state index in [9.17, 15) is 0 Å². The van der Waals surface area contributed by atoms with Gasteiger partial charge in [0, 0.05) is 13.1 Å². The fraction of sp³-hybridized carbons (Fsp3) is 0.294. The number of aromatic amines is 1. The topological polar surface area (TPSA) is 54.0 Å². The Balaban J connectivity index is 1.52. The fourth-order valence-electron chi connectivity index (χ4n) is 2.61. The molecule has 1 aliphatic heterocycles. The number of nitrogens with one attached hydrogen (secondary N) is 1. The molecule has 4 rings (SSSR count). The number of benzene rings is 2. The third-order valence-corrected chi connectivity index (χ3v) is 4.05. The first-order valence-corrected chi connectivity index (χ1v) is 7.62. The van der Waals surface area contributed by atoms with E-state index in [4.69, 9.17) is 4.74 Å². The van der Waals surface area contributed by atoms with Gasteiger partial charge in [-0.1, -0.05) is 30.3 Å². The molecule has 0 amide bonds. The van der Waals surface area contributed by atoms with Crippen LogP contribution in [0.5, 0.6) is 5.75 Å². The van der Waals surface area contributed by atoms with Crippen molar-refractivity contribution in [2.75, 3.05) is 18.0 Å². The highest BCUT2D eigenvalue weighted by Gasteiger charge is 2.20. The Bertz CT molecular complexity index is 794. The molecular weight excluding hydrogens is 276 g/mol. The molecule has 0 saturated carbocycles. The van der Waals surface area contributed by atoms with Crippen LogP contribution in [0.15, 0.2) is 42.5 Å². The van der Waals surface area contributed by atoms with Gasteiger partial charge in [-0.05, 0) is 36.2 Å². The standard InChI is InChI=1S/C17H18N4O/c1-12(16-18-17(20-19-16)21-9-4-10-21)22-15-8-7-13-5-2-3-6-14(13)11-15/h2-3,5-8,11-12H,4,9-10H2,1H3,(H,18,19,20). The van der Waals surface area contributed by atoms with E-state index in [1.54, 1.807) is 0 Å². The molecule has 112 valence electrons. The predicted molar refractivity (Wildman–Crippen MR) is 86.2 cm³/mol. The molecule has 3 aromatic rings. The third-order valence-electron chi connectivity index (χ3n) is 4.05. The van der Waals surface area contributed by atoms with E-state index in [0.29, 0.717) is 0 Å². The van der Waals surface area contributed by atoms with Crippen molar-refractivity contribution in [3.8, 4) is 5.75 Å². The first-order chi connectivity index (χ1) is 10.8. The minimum Gasteiger partial charge on any atom is -0.483 e. The summed E-state index contributed by atoms with van der Waals surface area (Å²) in [6, 6.07) is 14.4. The van der Waals surface area contributed by atoms with Gasteiger partial charge in [-0.25, -0.2) is 0 Å². The third kappa shape index (κ3) is 2.39. The number of nitrogens with zero attached hydrogens (tertiary/aromatic N) is 3. The molecule has 1 N–H and O–H groups in total. The molecule has 2 aromatic carbocycles. The average molecular weight is 294 g/mol. The minimum absolute atomic E-state index is 0.163. The smallest absolute Gasteiger partial charge is 0.244 e. The summed E-state index contributed by atoms with van der Waals surface area (Å²) in [4.78, 5) is 6.68. The van der Waals surface area contributed by atoms with Crippen molar-refractivity contribution >= 4 is 16.7 Å². The highest BCUT2D eigenvalue weighted by Crippen LogP contribution is 2.25. The summed E-state index contributed by atoms with van der Waals surface area (Å²) < 4.78 is 6.00. The van der Waals surface area contributed by atoms with Crippen LogP contribution in [0.25, 0.3) is 10.8 Å². The zero-order chi connectivity index (χ0) is 14.9. The van der Waals surface area contributed by atoms with E-state index in [1.165, 1.54) is 17.2 Å². The molecule has 5 heteroatoms. The van der Waals surface area contributed by atoms with Gasteiger partial charge in [0.15, 0.2) is 11.9 Å². The van der Waals surface area contributed by atoms with Crippen LogP contribution in [-0.2, 0) is 0 Å². The lowest BCUT2D eigenvalue weighted by molar-refractivity contribution is 0.217. The monoisotopic (exact) mass is 294 g/mol. The van der Waals surface area contributed by atoms with Crippen molar-refractivity contribution < 1.29 is 4.74 Å². The lowest BCUT2D eigenvalue weighted by atomic mass is 10.1. The Morgan fingerprint density at radius 3 is 2.73 bits per heavy atom. The largest absolute Gasteiger partial charge is 0.483 e. The molecular formula is C17H18N4O. The van der Waals surface area contributed by atoms with Gasteiger partial charge in [-0.3, -0.25) is 5.10 Å². The summed E-state index contributed by atoms with van der Waals surface area (Å²) in [5, 5.41) is 9.63. The van der Waals surface area contributed by atoms with Crippen LogP contribution in [-0.4, -0.2) is 28.3 Å². The molecule has 1 fully saturated rings. The Morgan fingerprint density at radius 1 is 1.14 bits per heavy atom. The van der Waals surface area contributed by atoms with Crippen molar-refractivity contribution in [3.05, 3.63) is 48.3 Å². The fourth-order valence-corrected chi connectivity index (χ4v) is 2.61. The van der Waals surface area contributed by atoms with E-state index >= 15 is 0 Å². The lowest BCUT2D eigenvalue weighted by Gasteiger charge is -2.29. The summed E-state index contributed by atoms with van der Waals surface area (Å²) in [5.41, 5.74) is 0. The normalized spacial score (nSPS) is 15.6. The summed E-state index contributed by atoms with van der Waals surface area (Å²) in [5.74, 6) is 2.37. The van der Waals surface area contributed by atoms with Crippen LogP contribution in [0.1, 0.15) is 25.3 Å². The Morgan fingerprint density at radius 2 is 1.95 bits per heavy atom. The number of hydrogen-bond donors (Lipinski definition) is 1. The van der Waals surface area contributed by atoms with E-state index in [1.807, 2.05) is 25.1 Å². The van der Waals surface area contributed by atoms with Crippen LogP contribution >= 0.6 is 0 Å². The maximum absolute atomic E-state index is 6.00. The highest BCUT2D eigenvalue weighted by atomic mass is 16.5. The zero-order valence-corrected chi connectivity index (χ0v) is 12.5. The van der Waals surface area contributed by atoms with Gasteiger partial charge in [-0.2, -0.15) is 4.98 Å². The second-order valence-corrected chi connectivity index (χ2v) is 5.63. The second-order valence-electron chi connectivity index (χ2n) is 5.63. The molecule has 0 radical (unpaired) electrons. The van der Waals surface area contributed by atoms with Crippen LogP contribution in [0.4, 0.5) is 5.95 Å². The van der Waals surface area contributed by atoms with Crippen LogP contribution < -0.4 is 9.64 Å². The second kappa shape index (κ2) is 5.33. The number of hydrogen-bond acceptors (Lipinski definition) is 4. The number of aromatic nitrogens is 3. The molecule has 22 heavy (non-hydrogen) atoms. The SMILES string of the molecule is CC(Oc1ccc2ccccc2c1)c1nc(N2CCC2)n[nH]1. The quantitative estimate of drug-likeness (QED) is 0.802. The van der Waals surface area contributed by atoms with Gasteiger partial charge < -0.3 is 9.64 Å². The van der Waals surface area contributed by atoms with Crippen LogP contribution in [0.3, 0.4) is 0 Å². The summed E-state index contributed by atoms with van der Waals surface area (Å²) in [6.45, 7) is 4.06. The van der Waals surface area contributed by atoms with E-state index in [2.05, 4.69) is 44.3 Å². The molecule has 1 unspecified atom stereocenters. The summed E-state index contributed by atoms with van der Waals surface area (Å²) in [6.07, 6.45) is 1.05. The summed E-state index contributed by atoms with van der Waals surface area (Å²) in [7, 11) is 0. The van der Waals surface area contributed by atoms with Gasteiger partial charge in [-0.15, -0.1) is 5.10 Å². The first-order valence-electron chi connectivity index (χ1n) is 7.62. The van der Waals surface area contributed by atoms with E-state index in [-0.39, 0.29) is 6.10 Å². The van der Waals surface area contributed by atoms with Crippen LogP contribution in [0, 0.1) is 0 Å². The van der Waals surface area contributed by atoms with Gasteiger partial charge in [0.1, 0.15) is 5.75 Å². The van der Waals surface area contributed by atoms with E-state index in [0.717, 1.165) is 30.6 Å². The van der Waals surface area contributed by atoms with Gasteiger partial charge in [0.05, 0.1) is 0 Å². The van der Waals surface area contributed by atoms with Gasteiger partial charge >= 0.3 is 0 Å². The van der Waals surface area contributed by atoms with Crippen molar-refractivity contribution in [1.29, 1.82) is 0 Å². The van der Waals surface area contributed by atoms with E-state index < -0.39 is 0 Å². The lowest BCUT2D eigenvalue weighted by Crippen LogP contribution is -2.37. The predicted octanol–water partition coefficient (Wildman–Crippen LogP) is 3.31. The molecule has 5 nitrogen and oxygen atoms in total. The molecule has 1 saturated heterocycles. The zero-order valence-electron chi connectivity index (χ0n) is 12.5. The number of anilines is 1. The van der Waals surface area contributed by atoms with Crippen molar-refractivity contribution in [2.45, 2.75) is 19.4 Å². The maximum Gasteiger partial charge on any atom is 0.244 e. The molecule has 0 aliphatic carbocycles. The molecule has 1 aliphatic rings. The molecule has 1 atom stereocenters. The number of H-pyrrole nitrogens is 1. The molecule has 0 bridgehead atoms. The molecule has 0 spiro atoms. The molecule has 1 aromatic heterocycles. The van der Waals surface area contributed by atoms with Gasteiger partial charge in [0.25, 0.3) is 0 Å². The summed E-state index contributed by atoms with van der Waals surface area (Å²) >= 11 is 0. The highest BCUT2D eigenvalue weighted by molar-refractivity contribution is 5.83. The van der Waals surface area contributed by atoms with Crippen molar-refractivity contribution in [1.82, 2.24) is 15.2 Å². The first kappa shape index (κ1) is 13.1. The number of rotatable bonds is 4. The van der Waals surface area contributed by atoms with Gasteiger partial charge in [0.2, 0.25) is 5.95 Å². The Hall–Kier alpha value is -2.56. The van der Waals surface area contributed by atoms with Crippen molar-refractivity contribution in [2.24, 2.45) is 0 Å². The van der Waals surface area contributed by atoms with Crippen LogP contribution in [0.2, 0.25) is 0 Å². The average Bonchev–Trinajstić information content (AvgIpc) is 2.95. The van der Waals surface area contributed by atoms with Crippen molar-refractivity contribution in [3.63, 3.8) is 0 Å².